The fourth-order valence-corrected chi connectivity index (χ4v) is 3.92. The van der Waals surface area contributed by atoms with Gasteiger partial charge in [0.2, 0.25) is 0 Å². The third-order valence-corrected chi connectivity index (χ3v) is 5.86. The van der Waals surface area contributed by atoms with Gasteiger partial charge in [-0.1, -0.05) is 32.0 Å². The molecular weight excluding hydrogens is 404 g/mol. The van der Waals surface area contributed by atoms with Crippen LogP contribution in [0.2, 0.25) is 0 Å². The monoisotopic (exact) mass is 438 g/mol. The van der Waals surface area contributed by atoms with Gasteiger partial charge in [-0.05, 0) is 55.0 Å². The lowest BCUT2D eigenvalue weighted by Crippen LogP contribution is -2.35. The molecule has 1 saturated heterocycles. The van der Waals surface area contributed by atoms with Crippen molar-refractivity contribution in [2.75, 3.05) is 48.9 Å². The summed E-state index contributed by atoms with van der Waals surface area (Å²) in [6.45, 7) is 7.02. The average molecular weight is 439 g/mol. The number of carbonyl (C=O) groups excluding carboxylic acids is 2. The van der Waals surface area contributed by atoms with Gasteiger partial charge in [0.1, 0.15) is 0 Å². The molecule has 0 aromatic heterocycles. The highest BCUT2D eigenvalue weighted by atomic mass is 16.5. The minimum Gasteiger partial charge on any atom is -0.383 e. The first-order valence-corrected chi connectivity index (χ1v) is 11.3. The van der Waals surface area contributed by atoms with Crippen molar-refractivity contribution >= 4 is 29.0 Å². The Morgan fingerprint density at radius 1 is 1.09 bits per heavy atom. The number of rotatable bonds is 8. The summed E-state index contributed by atoms with van der Waals surface area (Å²) in [4.78, 5) is 27.8. The van der Waals surface area contributed by atoms with E-state index in [1.165, 1.54) is 0 Å². The zero-order valence-corrected chi connectivity index (χ0v) is 19.2. The molecule has 0 saturated carbocycles. The van der Waals surface area contributed by atoms with E-state index in [0.29, 0.717) is 30.3 Å². The van der Waals surface area contributed by atoms with Crippen molar-refractivity contribution in [3.63, 3.8) is 0 Å². The second-order valence-electron chi connectivity index (χ2n) is 8.24. The van der Waals surface area contributed by atoms with Crippen LogP contribution in [0.5, 0.6) is 0 Å². The highest BCUT2D eigenvalue weighted by Gasteiger charge is 2.22. The molecule has 2 aromatic rings. The molecule has 0 atom stereocenters. The lowest BCUT2D eigenvalue weighted by atomic mass is 9.98. The number of anilines is 3. The Bertz CT molecular complexity index is 923. The second-order valence-corrected chi connectivity index (χ2v) is 8.24. The van der Waals surface area contributed by atoms with Crippen LogP contribution in [0, 0.1) is 5.92 Å². The maximum absolute atomic E-state index is 12.9. The van der Waals surface area contributed by atoms with E-state index in [0.717, 1.165) is 49.3 Å². The summed E-state index contributed by atoms with van der Waals surface area (Å²) in [5.41, 5.74) is 3.87. The van der Waals surface area contributed by atoms with Crippen molar-refractivity contribution in [1.29, 1.82) is 0 Å². The molecule has 1 aliphatic heterocycles. The van der Waals surface area contributed by atoms with Gasteiger partial charge >= 0.3 is 6.03 Å². The summed E-state index contributed by atoms with van der Waals surface area (Å²) >= 11 is 0. The molecule has 1 heterocycles. The number of hydrogen-bond donors (Lipinski definition) is 3. The number of methoxy groups -OCH3 is 1. The van der Waals surface area contributed by atoms with E-state index in [2.05, 4.69) is 27.8 Å². The molecule has 2 aromatic carbocycles. The van der Waals surface area contributed by atoms with Gasteiger partial charge in [-0.25, -0.2) is 4.79 Å². The molecule has 32 heavy (non-hydrogen) atoms. The van der Waals surface area contributed by atoms with Crippen LogP contribution in [-0.4, -0.2) is 45.3 Å². The van der Waals surface area contributed by atoms with Crippen LogP contribution in [0.25, 0.3) is 0 Å². The highest BCUT2D eigenvalue weighted by Crippen LogP contribution is 2.29. The highest BCUT2D eigenvalue weighted by molar-refractivity contribution is 6.04. The quantitative estimate of drug-likeness (QED) is 0.530. The number of nitrogens with one attached hydrogen (secondary N) is 3. The van der Waals surface area contributed by atoms with Gasteiger partial charge in [0, 0.05) is 43.8 Å². The van der Waals surface area contributed by atoms with Gasteiger partial charge in [0.25, 0.3) is 5.91 Å². The molecule has 172 valence electrons. The number of aryl methyl sites for hydroxylation is 1. The van der Waals surface area contributed by atoms with Crippen LogP contribution < -0.4 is 20.9 Å². The molecule has 1 fully saturated rings. The molecule has 0 bridgehead atoms. The zero-order chi connectivity index (χ0) is 22.9. The van der Waals surface area contributed by atoms with Crippen LogP contribution in [-0.2, 0) is 11.2 Å². The van der Waals surface area contributed by atoms with Crippen LogP contribution >= 0.6 is 0 Å². The van der Waals surface area contributed by atoms with Crippen molar-refractivity contribution in [3.05, 3.63) is 53.6 Å². The third kappa shape index (κ3) is 6.23. The van der Waals surface area contributed by atoms with Gasteiger partial charge in [-0.3, -0.25) is 4.79 Å². The number of urea groups is 1. The van der Waals surface area contributed by atoms with E-state index in [1.807, 2.05) is 43.3 Å². The number of carbonyl (C=O) groups is 2. The molecule has 3 amide bonds. The lowest BCUT2D eigenvalue weighted by molar-refractivity contribution is 0.0937. The summed E-state index contributed by atoms with van der Waals surface area (Å²) in [6.07, 6.45) is 3.03. The van der Waals surface area contributed by atoms with E-state index in [1.54, 1.807) is 13.2 Å². The predicted octanol–water partition coefficient (Wildman–Crippen LogP) is 4.51. The molecule has 0 radical (unpaired) electrons. The van der Waals surface area contributed by atoms with E-state index in [-0.39, 0.29) is 11.9 Å². The Morgan fingerprint density at radius 2 is 1.84 bits per heavy atom. The fourth-order valence-electron chi connectivity index (χ4n) is 3.92. The van der Waals surface area contributed by atoms with E-state index < -0.39 is 0 Å². The number of benzene rings is 2. The number of hydrogen-bond acceptors (Lipinski definition) is 4. The molecule has 0 spiro atoms. The summed E-state index contributed by atoms with van der Waals surface area (Å²) in [5, 5.41) is 8.68. The normalized spacial score (nSPS) is 14.2. The maximum atomic E-state index is 12.9. The van der Waals surface area contributed by atoms with Gasteiger partial charge in [0.05, 0.1) is 12.2 Å². The summed E-state index contributed by atoms with van der Waals surface area (Å²) in [5.74, 6) is 0.525. The van der Waals surface area contributed by atoms with Gasteiger partial charge in [-0.2, -0.15) is 0 Å². The zero-order valence-electron chi connectivity index (χ0n) is 19.2. The minimum absolute atomic E-state index is 0.170. The van der Waals surface area contributed by atoms with Crippen molar-refractivity contribution in [1.82, 2.24) is 5.32 Å². The molecule has 1 aliphatic rings. The second kappa shape index (κ2) is 11.5. The van der Waals surface area contributed by atoms with Gasteiger partial charge < -0.3 is 25.6 Å². The average Bonchev–Trinajstić information content (AvgIpc) is 2.80. The first kappa shape index (κ1) is 23.6. The molecule has 7 nitrogen and oxygen atoms in total. The van der Waals surface area contributed by atoms with Crippen LogP contribution in [0.4, 0.5) is 21.9 Å². The summed E-state index contributed by atoms with van der Waals surface area (Å²) < 4.78 is 5.05. The number of para-hydroxylation sites is 1. The van der Waals surface area contributed by atoms with Gasteiger partial charge in [-0.15, -0.1) is 0 Å². The number of ether oxygens (including phenoxy) is 1. The Balaban J connectivity index is 1.78. The van der Waals surface area contributed by atoms with E-state index in [4.69, 9.17) is 4.74 Å². The van der Waals surface area contributed by atoms with Crippen molar-refractivity contribution < 1.29 is 14.3 Å². The predicted molar refractivity (Wildman–Crippen MR) is 130 cm³/mol. The van der Waals surface area contributed by atoms with Crippen molar-refractivity contribution in [2.24, 2.45) is 5.92 Å². The van der Waals surface area contributed by atoms with E-state index in [9.17, 15) is 9.59 Å². The Hall–Kier alpha value is -3.06. The number of piperidine rings is 1. The number of nitrogens with zero attached hydrogens (tertiary/aromatic N) is 1. The van der Waals surface area contributed by atoms with E-state index >= 15 is 0 Å². The molecular formula is C25H34N4O3. The third-order valence-electron chi connectivity index (χ3n) is 5.86. The topological polar surface area (TPSA) is 82.7 Å². The molecule has 0 aliphatic carbocycles. The van der Waals surface area contributed by atoms with Crippen LogP contribution in [0.15, 0.2) is 42.5 Å². The number of amides is 3. The van der Waals surface area contributed by atoms with Crippen LogP contribution in [0.1, 0.15) is 42.6 Å². The SMILES string of the molecule is CCc1ccccc1NC(=O)Nc1ccc(N2CCC(C)CC2)c(C(=O)NCCOC)c1. The minimum atomic E-state index is -0.337. The van der Waals surface area contributed by atoms with Crippen LogP contribution in [0.3, 0.4) is 0 Å². The Labute approximate surface area is 190 Å². The fraction of sp³-hybridized carbons (Fsp3) is 0.440. The molecule has 0 unspecified atom stereocenters. The maximum Gasteiger partial charge on any atom is 0.323 e. The van der Waals surface area contributed by atoms with Gasteiger partial charge in [0.15, 0.2) is 0 Å². The van der Waals surface area contributed by atoms with Crippen molar-refractivity contribution in [3.8, 4) is 0 Å². The smallest absolute Gasteiger partial charge is 0.323 e. The summed E-state index contributed by atoms with van der Waals surface area (Å²) in [7, 11) is 1.60. The standard InChI is InChI=1S/C25H34N4O3/c1-4-19-7-5-6-8-22(19)28-25(31)27-20-9-10-23(29-14-11-18(2)12-15-29)21(17-20)24(30)26-13-16-32-3/h5-10,17-18H,4,11-16H2,1-3H3,(H,26,30)(H2,27,28,31). The Morgan fingerprint density at radius 3 is 2.56 bits per heavy atom. The van der Waals surface area contributed by atoms with Crippen molar-refractivity contribution in [2.45, 2.75) is 33.1 Å². The first-order chi connectivity index (χ1) is 15.5. The molecule has 7 heteroatoms. The molecule has 3 N–H and O–H groups in total. The largest absolute Gasteiger partial charge is 0.383 e. The summed E-state index contributed by atoms with van der Waals surface area (Å²) in [6, 6.07) is 12.9. The lowest BCUT2D eigenvalue weighted by Gasteiger charge is -2.33. The Kier molecular flexibility index (Phi) is 8.50. The first-order valence-electron chi connectivity index (χ1n) is 11.3. The molecule has 3 rings (SSSR count).